The van der Waals surface area contributed by atoms with Crippen molar-refractivity contribution in [3.8, 4) is 12.1 Å². The maximum absolute atomic E-state index is 9.41. The lowest BCUT2D eigenvalue weighted by Gasteiger charge is -2.24. The van der Waals surface area contributed by atoms with E-state index >= 15 is 0 Å². The predicted molar refractivity (Wildman–Crippen MR) is 144 cm³/mol. The Morgan fingerprint density at radius 1 is 0.714 bits per heavy atom. The van der Waals surface area contributed by atoms with Crippen molar-refractivity contribution in [3.63, 3.8) is 0 Å². The summed E-state index contributed by atoms with van der Waals surface area (Å²) in [4.78, 5) is 4.12. The van der Waals surface area contributed by atoms with Crippen LogP contribution in [0.25, 0.3) is 12.2 Å². The molecule has 178 valence electrons. The molecule has 5 heteroatoms. The summed E-state index contributed by atoms with van der Waals surface area (Å²) in [5.41, 5.74) is 4.39. The van der Waals surface area contributed by atoms with Gasteiger partial charge in [-0.25, -0.2) is 0 Å². The Labute approximate surface area is 209 Å². The lowest BCUT2D eigenvalue weighted by Crippen LogP contribution is -2.19. The zero-order valence-corrected chi connectivity index (χ0v) is 21.0. The molecule has 1 atom stereocenters. The zero-order chi connectivity index (χ0) is 25.4. The van der Waals surface area contributed by atoms with Crippen LogP contribution in [0.5, 0.6) is 0 Å². The molecule has 2 aromatic carbocycles. The monoisotopic (exact) mass is 464 g/mol. The van der Waals surface area contributed by atoms with Crippen LogP contribution in [0.2, 0.25) is 0 Å². The largest absolute Gasteiger partial charge is 0.458 e. The Hall–Kier alpha value is -4.22. The van der Waals surface area contributed by atoms with Crippen LogP contribution < -0.4 is 9.80 Å². The van der Waals surface area contributed by atoms with Crippen molar-refractivity contribution in [1.29, 1.82) is 10.5 Å². The average molecular weight is 465 g/mol. The average Bonchev–Trinajstić information content (AvgIpc) is 2.87. The van der Waals surface area contributed by atoms with E-state index in [1.165, 1.54) is 0 Å². The summed E-state index contributed by atoms with van der Waals surface area (Å²) in [6.45, 7) is 1.93. The third-order valence-corrected chi connectivity index (χ3v) is 6.06. The number of nitrogens with zero attached hydrogens (tertiary/aromatic N) is 4. The Kier molecular flexibility index (Phi) is 8.54. The van der Waals surface area contributed by atoms with Crippen molar-refractivity contribution in [3.05, 3.63) is 95.5 Å². The molecular formula is C30H32N4O. The van der Waals surface area contributed by atoms with Crippen molar-refractivity contribution in [2.24, 2.45) is 17.8 Å². The molecule has 1 unspecified atom stereocenters. The van der Waals surface area contributed by atoms with Gasteiger partial charge in [0.25, 0.3) is 0 Å². The number of rotatable bonds is 8. The molecule has 0 aromatic heterocycles. The van der Waals surface area contributed by atoms with Gasteiger partial charge in [0.2, 0.25) is 0 Å². The molecule has 1 aliphatic rings. The Balaban J connectivity index is 1.84. The van der Waals surface area contributed by atoms with Crippen LogP contribution in [-0.2, 0) is 4.74 Å². The highest BCUT2D eigenvalue weighted by Gasteiger charge is 2.26. The predicted octanol–water partition coefficient (Wildman–Crippen LogP) is 6.26. The van der Waals surface area contributed by atoms with E-state index in [-0.39, 0.29) is 11.8 Å². The molecule has 0 spiro atoms. The molecule has 0 saturated carbocycles. The van der Waals surface area contributed by atoms with Gasteiger partial charge in [0.1, 0.15) is 17.4 Å². The van der Waals surface area contributed by atoms with E-state index in [0.29, 0.717) is 11.5 Å². The lowest BCUT2D eigenvalue weighted by atomic mass is 9.82. The normalized spacial score (nSPS) is 16.3. The molecule has 0 saturated heterocycles. The number of benzene rings is 2. The molecule has 1 heterocycles. The number of allylic oxidation sites excluding steroid dienone is 4. The first-order chi connectivity index (χ1) is 16.8. The standard InChI is InChI=1S/C30H32N4O/c1-22(26(20-31)21-32)25-18-29(16-10-23-6-12-27(13-7-23)33(2)3)35-30(19-25)17-11-24-8-14-28(15-9-24)34(4)5/h6-19,22,25-26H,1-5H3. The highest BCUT2D eigenvalue weighted by Crippen LogP contribution is 2.31. The molecule has 0 aliphatic carbocycles. The summed E-state index contributed by atoms with van der Waals surface area (Å²) in [7, 11) is 8.06. The van der Waals surface area contributed by atoms with E-state index in [4.69, 9.17) is 4.74 Å². The Morgan fingerprint density at radius 2 is 1.11 bits per heavy atom. The van der Waals surface area contributed by atoms with Crippen LogP contribution in [0.3, 0.4) is 0 Å². The van der Waals surface area contributed by atoms with Crippen molar-refractivity contribution < 1.29 is 4.74 Å². The first-order valence-electron chi connectivity index (χ1n) is 11.6. The van der Waals surface area contributed by atoms with E-state index in [2.05, 4.69) is 70.5 Å². The lowest BCUT2D eigenvalue weighted by molar-refractivity contribution is 0.302. The second kappa shape index (κ2) is 11.8. The number of anilines is 2. The molecule has 3 rings (SSSR count). The fraction of sp³-hybridized carbons (Fsp3) is 0.267. The fourth-order valence-electron chi connectivity index (χ4n) is 3.72. The minimum absolute atomic E-state index is 0.0976. The Bertz CT molecular complexity index is 1110. The topological polar surface area (TPSA) is 63.3 Å². The van der Waals surface area contributed by atoms with E-state index in [1.807, 2.05) is 71.6 Å². The molecule has 0 bridgehead atoms. The molecule has 0 amide bonds. The van der Waals surface area contributed by atoms with Gasteiger partial charge >= 0.3 is 0 Å². The van der Waals surface area contributed by atoms with Gasteiger partial charge in [-0.2, -0.15) is 10.5 Å². The minimum Gasteiger partial charge on any atom is -0.458 e. The number of nitriles is 2. The summed E-state index contributed by atoms with van der Waals surface area (Å²) in [6.07, 6.45) is 11.9. The molecule has 2 aromatic rings. The third kappa shape index (κ3) is 6.88. The van der Waals surface area contributed by atoms with Crippen molar-refractivity contribution in [2.75, 3.05) is 38.0 Å². The van der Waals surface area contributed by atoms with Crippen LogP contribution in [0, 0.1) is 40.4 Å². The minimum atomic E-state index is -0.696. The number of hydrogen-bond donors (Lipinski definition) is 0. The van der Waals surface area contributed by atoms with E-state index in [0.717, 1.165) is 22.5 Å². The summed E-state index contributed by atoms with van der Waals surface area (Å²) in [5.74, 6) is 0.425. The molecule has 1 aliphatic heterocycles. The third-order valence-electron chi connectivity index (χ3n) is 6.06. The van der Waals surface area contributed by atoms with Gasteiger partial charge in [-0.15, -0.1) is 0 Å². The van der Waals surface area contributed by atoms with Crippen LogP contribution in [0.15, 0.2) is 84.4 Å². The quantitative estimate of drug-likeness (QED) is 0.461. The molecule has 0 radical (unpaired) electrons. The van der Waals surface area contributed by atoms with Gasteiger partial charge in [-0.05, 0) is 65.6 Å². The maximum atomic E-state index is 9.41. The zero-order valence-electron chi connectivity index (χ0n) is 21.0. The first-order valence-corrected chi connectivity index (χ1v) is 11.6. The summed E-state index contributed by atoms with van der Waals surface area (Å²) in [6, 6.07) is 20.8. The van der Waals surface area contributed by atoms with Crippen LogP contribution >= 0.6 is 0 Å². The second-order valence-electron chi connectivity index (χ2n) is 9.05. The maximum Gasteiger partial charge on any atom is 0.136 e. The van der Waals surface area contributed by atoms with Crippen molar-refractivity contribution in [1.82, 2.24) is 0 Å². The molecule has 5 nitrogen and oxygen atoms in total. The van der Waals surface area contributed by atoms with Crippen LogP contribution in [0.4, 0.5) is 11.4 Å². The SMILES string of the molecule is CC(C(C#N)C#N)C1C=C(C=Cc2ccc(N(C)C)cc2)OC(C=Cc2ccc(N(C)C)cc2)=C1. The van der Waals surface area contributed by atoms with Crippen molar-refractivity contribution in [2.45, 2.75) is 6.92 Å². The second-order valence-corrected chi connectivity index (χ2v) is 9.05. The first kappa shape index (κ1) is 25.4. The van der Waals surface area contributed by atoms with E-state index in [9.17, 15) is 10.5 Å². The van der Waals surface area contributed by atoms with E-state index < -0.39 is 5.92 Å². The van der Waals surface area contributed by atoms with Gasteiger partial charge in [0.15, 0.2) is 0 Å². The highest BCUT2D eigenvalue weighted by molar-refractivity contribution is 5.59. The molecule has 0 fully saturated rings. The van der Waals surface area contributed by atoms with Gasteiger partial charge in [0.05, 0.1) is 12.1 Å². The summed E-state index contributed by atoms with van der Waals surface area (Å²) >= 11 is 0. The highest BCUT2D eigenvalue weighted by atomic mass is 16.5. The number of hydrogen-bond acceptors (Lipinski definition) is 5. The van der Waals surface area contributed by atoms with Crippen LogP contribution in [0.1, 0.15) is 18.1 Å². The summed E-state index contributed by atoms with van der Waals surface area (Å²) in [5, 5.41) is 18.8. The van der Waals surface area contributed by atoms with Gasteiger partial charge in [-0.3, -0.25) is 0 Å². The summed E-state index contributed by atoms with van der Waals surface area (Å²) < 4.78 is 6.15. The van der Waals surface area contributed by atoms with E-state index in [1.54, 1.807) is 0 Å². The van der Waals surface area contributed by atoms with Crippen LogP contribution in [-0.4, -0.2) is 28.2 Å². The fourth-order valence-corrected chi connectivity index (χ4v) is 3.72. The molecular weight excluding hydrogens is 432 g/mol. The smallest absolute Gasteiger partial charge is 0.136 e. The molecule has 0 N–H and O–H groups in total. The van der Waals surface area contributed by atoms with Gasteiger partial charge < -0.3 is 14.5 Å². The van der Waals surface area contributed by atoms with Gasteiger partial charge in [-0.1, -0.05) is 43.3 Å². The van der Waals surface area contributed by atoms with Gasteiger partial charge in [0, 0.05) is 45.5 Å². The Morgan fingerprint density at radius 3 is 1.46 bits per heavy atom. The van der Waals surface area contributed by atoms with Crippen molar-refractivity contribution >= 4 is 23.5 Å². The molecule has 35 heavy (non-hydrogen) atoms. The number of ether oxygens (including phenoxy) is 1.